The van der Waals surface area contributed by atoms with Gasteiger partial charge in [-0.3, -0.25) is 0 Å². The molecule has 5 heteroatoms. The molecule has 3 rings (SSSR count). The lowest BCUT2D eigenvalue weighted by molar-refractivity contribution is 0.499. The molecule has 3 aromatic rings. The van der Waals surface area contributed by atoms with Gasteiger partial charge in [0.15, 0.2) is 5.82 Å². The van der Waals surface area contributed by atoms with Gasteiger partial charge in [-0.2, -0.15) is 0 Å². The summed E-state index contributed by atoms with van der Waals surface area (Å²) in [6.07, 6.45) is 1.99. The van der Waals surface area contributed by atoms with Crippen molar-refractivity contribution < 1.29 is 4.42 Å². The van der Waals surface area contributed by atoms with Crippen LogP contribution in [0.1, 0.15) is 18.7 Å². The molecule has 1 unspecified atom stereocenters. The van der Waals surface area contributed by atoms with Crippen molar-refractivity contribution in [2.45, 2.75) is 18.0 Å². The van der Waals surface area contributed by atoms with E-state index < -0.39 is 0 Å². The van der Waals surface area contributed by atoms with Gasteiger partial charge in [-0.1, -0.05) is 18.2 Å². The zero-order chi connectivity index (χ0) is 14.8. The molecule has 0 aliphatic heterocycles. The van der Waals surface area contributed by atoms with Gasteiger partial charge in [-0.05, 0) is 37.4 Å². The number of hydrogen-bond acceptors (Lipinski definition) is 5. The van der Waals surface area contributed by atoms with E-state index in [2.05, 4.69) is 34.2 Å². The first kappa shape index (κ1) is 13.9. The molecule has 21 heavy (non-hydrogen) atoms. The molecule has 0 saturated carbocycles. The van der Waals surface area contributed by atoms with Crippen LogP contribution in [0.15, 0.2) is 51.9 Å². The summed E-state index contributed by atoms with van der Waals surface area (Å²) >= 11 is 1.59. The van der Waals surface area contributed by atoms with Gasteiger partial charge in [-0.15, -0.1) is 22.0 Å². The molecule has 1 atom stereocenters. The predicted octanol–water partition coefficient (Wildman–Crippen LogP) is 4.14. The third-order valence-corrected chi connectivity index (χ3v) is 4.27. The summed E-state index contributed by atoms with van der Waals surface area (Å²) < 4.78 is 5.92. The monoisotopic (exact) mass is 299 g/mol. The fourth-order valence-electron chi connectivity index (χ4n) is 2.21. The number of nitrogens with zero attached hydrogens (tertiary/aromatic N) is 3. The van der Waals surface area contributed by atoms with E-state index >= 15 is 0 Å². The van der Waals surface area contributed by atoms with E-state index in [9.17, 15) is 0 Å². The van der Waals surface area contributed by atoms with Gasteiger partial charge < -0.3 is 9.32 Å². The van der Waals surface area contributed by atoms with E-state index in [1.165, 1.54) is 0 Å². The third kappa shape index (κ3) is 2.74. The number of fused-ring (bicyclic) bond motifs is 1. The summed E-state index contributed by atoms with van der Waals surface area (Å²) in [4.78, 5) is 2.06. The molecular formula is C16H17N3OS. The van der Waals surface area contributed by atoms with Crippen molar-refractivity contribution >= 4 is 28.5 Å². The van der Waals surface area contributed by atoms with Gasteiger partial charge in [0.25, 0.3) is 0 Å². The highest BCUT2D eigenvalue weighted by Crippen LogP contribution is 2.29. The van der Waals surface area contributed by atoms with Crippen LogP contribution >= 0.6 is 11.8 Å². The van der Waals surface area contributed by atoms with Crippen LogP contribution < -0.4 is 4.90 Å². The lowest BCUT2D eigenvalue weighted by Crippen LogP contribution is -2.22. The summed E-state index contributed by atoms with van der Waals surface area (Å²) in [5, 5.41) is 10.5. The van der Waals surface area contributed by atoms with E-state index in [1.54, 1.807) is 11.8 Å². The molecule has 4 nitrogen and oxygen atoms in total. The fourth-order valence-corrected chi connectivity index (χ4v) is 2.53. The second-order valence-corrected chi connectivity index (χ2v) is 5.73. The van der Waals surface area contributed by atoms with Crippen LogP contribution in [0.25, 0.3) is 11.0 Å². The van der Waals surface area contributed by atoms with Crippen LogP contribution in [0, 0.1) is 0 Å². The highest BCUT2D eigenvalue weighted by molar-refractivity contribution is 7.98. The van der Waals surface area contributed by atoms with Crippen molar-refractivity contribution in [3.05, 3.63) is 48.2 Å². The van der Waals surface area contributed by atoms with Gasteiger partial charge in [0, 0.05) is 12.4 Å². The Bertz CT molecular complexity index is 706. The number of aromatic nitrogens is 2. The van der Waals surface area contributed by atoms with Gasteiger partial charge in [0.1, 0.15) is 16.4 Å². The number of rotatable bonds is 4. The van der Waals surface area contributed by atoms with Gasteiger partial charge >= 0.3 is 0 Å². The summed E-state index contributed by atoms with van der Waals surface area (Å²) in [6.45, 7) is 2.10. The number of benzene rings is 1. The Kier molecular flexibility index (Phi) is 3.84. The molecule has 2 heterocycles. The van der Waals surface area contributed by atoms with Crippen LogP contribution in [0.4, 0.5) is 5.82 Å². The molecule has 0 fully saturated rings. The molecule has 0 aliphatic carbocycles. The van der Waals surface area contributed by atoms with E-state index in [0.29, 0.717) is 0 Å². The van der Waals surface area contributed by atoms with Crippen molar-refractivity contribution in [1.82, 2.24) is 10.2 Å². The van der Waals surface area contributed by atoms with Crippen LogP contribution in [-0.2, 0) is 0 Å². The number of furan rings is 1. The van der Waals surface area contributed by atoms with Crippen molar-refractivity contribution in [3.8, 4) is 0 Å². The van der Waals surface area contributed by atoms with Crippen LogP contribution in [0.5, 0.6) is 0 Å². The van der Waals surface area contributed by atoms with Crippen molar-refractivity contribution in [2.75, 3.05) is 18.2 Å². The molecule has 1 aromatic carbocycles. The zero-order valence-corrected chi connectivity index (χ0v) is 13.1. The molecule has 0 radical (unpaired) electrons. The second-order valence-electron chi connectivity index (χ2n) is 4.91. The van der Waals surface area contributed by atoms with Crippen molar-refractivity contribution in [2.24, 2.45) is 0 Å². The zero-order valence-electron chi connectivity index (χ0n) is 12.3. The normalized spacial score (nSPS) is 12.5. The van der Waals surface area contributed by atoms with Gasteiger partial charge in [-0.25, -0.2) is 0 Å². The Morgan fingerprint density at radius 3 is 2.62 bits per heavy atom. The quantitative estimate of drug-likeness (QED) is 0.677. The van der Waals surface area contributed by atoms with Crippen molar-refractivity contribution in [1.29, 1.82) is 0 Å². The van der Waals surface area contributed by atoms with E-state index in [0.717, 1.165) is 27.6 Å². The summed E-state index contributed by atoms with van der Waals surface area (Å²) in [5.41, 5.74) is 0.913. The fraction of sp³-hybridized carbons (Fsp3) is 0.250. The van der Waals surface area contributed by atoms with Crippen LogP contribution in [0.2, 0.25) is 0 Å². The Labute approximate surface area is 128 Å². The highest BCUT2D eigenvalue weighted by atomic mass is 32.2. The topological polar surface area (TPSA) is 42.2 Å². The Hall–Kier alpha value is -2.01. The molecule has 0 aliphatic rings. The predicted molar refractivity (Wildman–Crippen MR) is 86.8 cm³/mol. The summed E-state index contributed by atoms with van der Waals surface area (Å²) in [7, 11) is 2.00. The van der Waals surface area contributed by atoms with Gasteiger partial charge in [0.05, 0.1) is 6.04 Å². The van der Waals surface area contributed by atoms with Gasteiger partial charge in [0.2, 0.25) is 0 Å². The molecule has 0 amide bonds. The lowest BCUT2D eigenvalue weighted by atomic mass is 10.2. The third-order valence-electron chi connectivity index (χ3n) is 3.63. The summed E-state index contributed by atoms with van der Waals surface area (Å²) in [5.74, 6) is 1.76. The maximum Gasteiger partial charge on any atom is 0.151 e. The molecule has 0 N–H and O–H groups in total. The number of anilines is 1. The molecule has 2 aromatic heterocycles. The standard InChI is InChI=1S/C16H17N3OS/c1-11(14-10-12-6-4-5-7-13(12)20-14)19(2)15-8-9-16(21-3)18-17-15/h4-11H,1-3H3. The molecule has 0 saturated heterocycles. The van der Waals surface area contributed by atoms with Crippen molar-refractivity contribution in [3.63, 3.8) is 0 Å². The second kappa shape index (κ2) is 5.77. The number of hydrogen-bond donors (Lipinski definition) is 0. The Morgan fingerprint density at radius 2 is 1.95 bits per heavy atom. The van der Waals surface area contributed by atoms with E-state index in [1.807, 2.05) is 43.6 Å². The Balaban J connectivity index is 1.87. The highest BCUT2D eigenvalue weighted by Gasteiger charge is 2.17. The Morgan fingerprint density at radius 1 is 1.14 bits per heavy atom. The van der Waals surface area contributed by atoms with Crippen LogP contribution in [0.3, 0.4) is 0 Å². The number of thioether (sulfide) groups is 1. The smallest absolute Gasteiger partial charge is 0.151 e. The van der Waals surface area contributed by atoms with Crippen LogP contribution in [-0.4, -0.2) is 23.5 Å². The molecule has 108 valence electrons. The minimum Gasteiger partial charge on any atom is -0.459 e. The first-order valence-electron chi connectivity index (χ1n) is 6.78. The molecular weight excluding hydrogens is 282 g/mol. The maximum atomic E-state index is 5.92. The molecule has 0 bridgehead atoms. The molecule has 0 spiro atoms. The summed E-state index contributed by atoms with van der Waals surface area (Å²) in [6, 6.07) is 14.2. The number of para-hydroxylation sites is 1. The lowest BCUT2D eigenvalue weighted by Gasteiger charge is -2.23. The average Bonchev–Trinajstić information content (AvgIpc) is 2.97. The van der Waals surface area contributed by atoms with E-state index in [4.69, 9.17) is 4.42 Å². The first-order chi connectivity index (χ1) is 10.2. The van der Waals surface area contributed by atoms with E-state index in [-0.39, 0.29) is 6.04 Å². The largest absolute Gasteiger partial charge is 0.459 e. The SMILES string of the molecule is CSc1ccc(N(C)C(C)c2cc3ccccc3o2)nn1. The maximum absolute atomic E-state index is 5.92. The average molecular weight is 299 g/mol. The minimum absolute atomic E-state index is 0.0897. The minimum atomic E-state index is 0.0897. The first-order valence-corrected chi connectivity index (χ1v) is 8.00.